The third-order valence-electron chi connectivity index (χ3n) is 3.93. The molecule has 0 fully saturated rings. The van der Waals surface area contributed by atoms with Crippen molar-refractivity contribution >= 4 is 29.3 Å². The molecule has 0 aliphatic heterocycles. The second-order valence-electron chi connectivity index (χ2n) is 6.00. The first-order valence-corrected chi connectivity index (χ1v) is 8.54. The second kappa shape index (κ2) is 9.28. The summed E-state index contributed by atoms with van der Waals surface area (Å²) in [6, 6.07) is 12.7. The van der Waals surface area contributed by atoms with Gasteiger partial charge < -0.3 is 10.6 Å². The number of carbonyl (C=O) groups excluding carboxylic acids is 2. The lowest BCUT2D eigenvalue weighted by atomic mass is 10.1. The summed E-state index contributed by atoms with van der Waals surface area (Å²) in [6.07, 6.45) is 3.54. The highest BCUT2D eigenvalue weighted by molar-refractivity contribution is 6.07. The van der Waals surface area contributed by atoms with Crippen LogP contribution in [0.4, 0.5) is 11.4 Å². The molecule has 7 heteroatoms. The number of rotatable bonds is 7. The number of nitro groups is 1. The summed E-state index contributed by atoms with van der Waals surface area (Å²) in [7, 11) is 0. The first kappa shape index (κ1) is 19.8. The van der Waals surface area contributed by atoms with Crippen molar-refractivity contribution in [2.24, 2.45) is 0 Å². The minimum absolute atomic E-state index is 0.0232. The number of hydrogen-bond donors (Lipinski definition) is 2. The van der Waals surface area contributed by atoms with Crippen molar-refractivity contribution in [3.63, 3.8) is 0 Å². The second-order valence-corrected chi connectivity index (χ2v) is 6.00. The van der Waals surface area contributed by atoms with Crippen molar-refractivity contribution in [3.8, 4) is 0 Å². The maximum Gasteiger partial charge on any atom is 0.270 e. The Balaban J connectivity index is 2.11. The van der Waals surface area contributed by atoms with Crippen molar-refractivity contribution < 1.29 is 14.5 Å². The monoisotopic (exact) mass is 367 g/mol. The summed E-state index contributed by atoms with van der Waals surface area (Å²) >= 11 is 0. The molecule has 0 bridgehead atoms. The third kappa shape index (κ3) is 5.78. The zero-order chi connectivity index (χ0) is 19.8. The number of nitrogens with zero attached hydrogens (tertiary/aromatic N) is 1. The highest BCUT2D eigenvalue weighted by Gasteiger charge is 2.13. The summed E-state index contributed by atoms with van der Waals surface area (Å²) < 4.78 is 0. The average molecular weight is 367 g/mol. The number of hydrogen-bond acceptors (Lipinski definition) is 4. The molecule has 27 heavy (non-hydrogen) atoms. The predicted octanol–water partition coefficient (Wildman–Crippen LogP) is 3.78. The van der Waals surface area contributed by atoms with Gasteiger partial charge in [0.2, 0.25) is 5.91 Å². The Hall–Kier alpha value is -3.48. The molecule has 0 radical (unpaired) electrons. The van der Waals surface area contributed by atoms with E-state index in [4.69, 9.17) is 0 Å². The topological polar surface area (TPSA) is 101 Å². The van der Waals surface area contributed by atoms with Crippen LogP contribution in [0.3, 0.4) is 0 Å². The van der Waals surface area contributed by atoms with Gasteiger partial charge in [-0.05, 0) is 37.1 Å². The molecule has 2 rings (SSSR count). The maximum atomic E-state index is 12.4. The minimum atomic E-state index is -0.496. The molecule has 0 spiro atoms. The molecular weight excluding hydrogens is 346 g/mol. The van der Waals surface area contributed by atoms with E-state index in [0.717, 1.165) is 6.42 Å². The van der Waals surface area contributed by atoms with E-state index in [1.54, 1.807) is 36.4 Å². The van der Waals surface area contributed by atoms with Gasteiger partial charge >= 0.3 is 0 Å². The van der Waals surface area contributed by atoms with Gasteiger partial charge in [0.25, 0.3) is 11.6 Å². The van der Waals surface area contributed by atoms with Crippen LogP contribution in [0, 0.1) is 10.1 Å². The lowest BCUT2D eigenvalue weighted by Gasteiger charge is -2.14. The lowest BCUT2D eigenvalue weighted by molar-refractivity contribution is -0.384. The van der Waals surface area contributed by atoms with Crippen molar-refractivity contribution in [1.29, 1.82) is 0 Å². The highest BCUT2D eigenvalue weighted by atomic mass is 16.6. The van der Waals surface area contributed by atoms with Crippen LogP contribution in [-0.2, 0) is 4.79 Å². The Labute approximate surface area is 157 Å². The van der Waals surface area contributed by atoms with Gasteiger partial charge in [-0.25, -0.2) is 0 Å². The first-order valence-electron chi connectivity index (χ1n) is 8.54. The molecule has 1 atom stereocenters. The van der Waals surface area contributed by atoms with E-state index < -0.39 is 10.8 Å². The van der Waals surface area contributed by atoms with Crippen LogP contribution in [0.1, 0.15) is 36.2 Å². The molecule has 2 aromatic rings. The van der Waals surface area contributed by atoms with Crippen LogP contribution in [0.5, 0.6) is 0 Å². The Morgan fingerprint density at radius 3 is 2.63 bits per heavy atom. The number of anilines is 1. The lowest BCUT2D eigenvalue weighted by Crippen LogP contribution is -2.32. The van der Waals surface area contributed by atoms with Crippen molar-refractivity contribution in [1.82, 2.24) is 5.32 Å². The maximum absolute atomic E-state index is 12.4. The number of nitro benzene ring substituents is 1. The standard InChI is InChI=1S/C20H21N3O4/c1-3-14(2)21-20(25)17-9-4-5-10-18(17)22-19(24)12-11-15-7-6-8-16(13-15)23(26)27/h4-14H,3H2,1-2H3,(H,21,25)(H,22,24)/b12-11+/t14-/m0/s1. The van der Waals surface area contributed by atoms with Crippen molar-refractivity contribution in [2.45, 2.75) is 26.3 Å². The van der Waals surface area contributed by atoms with E-state index in [-0.39, 0.29) is 17.6 Å². The fourth-order valence-corrected chi connectivity index (χ4v) is 2.28. The molecule has 140 valence electrons. The van der Waals surface area contributed by atoms with Gasteiger partial charge in [0.15, 0.2) is 0 Å². The van der Waals surface area contributed by atoms with E-state index in [1.165, 1.54) is 24.3 Å². The summed E-state index contributed by atoms with van der Waals surface area (Å²) in [5, 5.41) is 16.3. The van der Waals surface area contributed by atoms with Gasteiger partial charge in [0, 0.05) is 24.3 Å². The van der Waals surface area contributed by atoms with E-state index in [1.807, 2.05) is 13.8 Å². The minimum Gasteiger partial charge on any atom is -0.350 e. The van der Waals surface area contributed by atoms with Crippen LogP contribution in [0.15, 0.2) is 54.6 Å². The molecule has 0 saturated heterocycles. The molecule has 0 aromatic heterocycles. The number of benzene rings is 2. The van der Waals surface area contributed by atoms with Gasteiger partial charge in [0.1, 0.15) is 0 Å². The van der Waals surface area contributed by atoms with Crippen molar-refractivity contribution in [3.05, 3.63) is 75.8 Å². The molecule has 0 aliphatic carbocycles. The predicted molar refractivity (Wildman–Crippen MR) is 104 cm³/mol. The van der Waals surface area contributed by atoms with Gasteiger partial charge in [-0.15, -0.1) is 0 Å². The SMILES string of the molecule is CC[C@H](C)NC(=O)c1ccccc1NC(=O)/C=C/c1cccc([N+](=O)[O-])c1. The van der Waals surface area contributed by atoms with E-state index in [2.05, 4.69) is 10.6 Å². The van der Waals surface area contributed by atoms with Crippen LogP contribution in [0.2, 0.25) is 0 Å². The molecule has 0 aliphatic rings. The highest BCUT2D eigenvalue weighted by Crippen LogP contribution is 2.17. The van der Waals surface area contributed by atoms with E-state index in [9.17, 15) is 19.7 Å². The van der Waals surface area contributed by atoms with Crippen LogP contribution in [0.25, 0.3) is 6.08 Å². The van der Waals surface area contributed by atoms with Gasteiger partial charge in [-0.3, -0.25) is 19.7 Å². The number of para-hydroxylation sites is 1. The fourth-order valence-electron chi connectivity index (χ4n) is 2.28. The zero-order valence-corrected chi connectivity index (χ0v) is 15.1. The first-order chi connectivity index (χ1) is 12.9. The summed E-state index contributed by atoms with van der Waals surface area (Å²) in [5.41, 5.74) is 1.24. The molecule has 2 amide bonds. The molecule has 0 heterocycles. The Morgan fingerprint density at radius 1 is 1.19 bits per heavy atom. The van der Waals surface area contributed by atoms with Crippen LogP contribution in [-0.4, -0.2) is 22.8 Å². The molecule has 0 saturated carbocycles. The molecule has 0 unspecified atom stereocenters. The van der Waals surface area contributed by atoms with Crippen molar-refractivity contribution in [2.75, 3.05) is 5.32 Å². The number of non-ortho nitro benzene ring substituents is 1. The largest absolute Gasteiger partial charge is 0.350 e. The number of nitrogens with one attached hydrogen (secondary N) is 2. The summed E-state index contributed by atoms with van der Waals surface area (Å²) in [6.45, 7) is 3.87. The Bertz CT molecular complexity index is 877. The Morgan fingerprint density at radius 2 is 1.93 bits per heavy atom. The van der Waals surface area contributed by atoms with Gasteiger partial charge in [-0.2, -0.15) is 0 Å². The molecule has 7 nitrogen and oxygen atoms in total. The molecule has 2 N–H and O–H groups in total. The molecular formula is C20H21N3O4. The van der Waals surface area contributed by atoms with Crippen LogP contribution < -0.4 is 10.6 Å². The average Bonchev–Trinajstić information content (AvgIpc) is 2.66. The summed E-state index contributed by atoms with van der Waals surface area (Å²) in [5.74, 6) is -0.701. The van der Waals surface area contributed by atoms with E-state index >= 15 is 0 Å². The summed E-state index contributed by atoms with van der Waals surface area (Å²) in [4.78, 5) is 34.8. The number of carbonyl (C=O) groups is 2. The molecule has 2 aromatic carbocycles. The van der Waals surface area contributed by atoms with Gasteiger partial charge in [-0.1, -0.05) is 31.2 Å². The van der Waals surface area contributed by atoms with Crippen LogP contribution >= 0.6 is 0 Å². The number of amides is 2. The zero-order valence-electron chi connectivity index (χ0n) is 15.1. The normalized spacial score (nSPS) is 11.8. The smallest absolute Gasteiger partial charge is 0.270 e. The fraction of sp³-hybridized carbons (Fsp3) is 0.200. The van der Waals surface area contributed by atoms with E-state index in [0.29, 0.717) is 16.8 Å². The van der Waals surface area contributed by atoms with Gasteiger partial charge in [0.05, 0.1) is 16.2 Å². The quantitative estimate of drug-likeness (QED) is 0.442. The Kier molecular flexibility index (Phi) is 6.82. The third-order valence-corrected chi connectivity index (χ3v) is 3.93.